The molecule has 4 atom stereocenters. The lowest BCUT2D eigenvalue weighted by molar-refractivity contribution is -0.142. The van der Waals surface area contributed by atoms with Gasteiger partial charge in [-0.25, -0.2) is 0 Å². The van der Waals surface area contributed by atoms with Crippen LogP contribution in [0.1, 0.15) is 52.4 Å². The summed E-state index contributed by atoms with van der Waals surface area (Å²) < 4.78 is 6.01. The van der Waals surface area contributed by atoms with Gasteiger partial charge in [-0.3, -0.25) is 9.59 Å². The summed E-state index contributed by atoms with van der Waals surface area (Å²) >= 11 is 0. The summed E-state index contributed by atoms with van der Waals surface area (Å²) in [6.45, 7) is 4.91. The van der Waals surface area contributed by atoms with E-state index in [0.717, 1.165) is 12.8 Å². The fraction of sp³-hybridized carbons (Fsp3) is 0.875. The molecule has 0 unspecified atom stereocenters. The van der Waals surface area contributed by atoms with Crippen molar-refractivity contribution in [2.24, 2.45) is 5.92 Å². The number of likely N-dealkylation sites (N-methyl/N-ethyl adjacent to an activating group) is 1. The van der Waals surface area contributed by atoms with Crippen LogP contribution in [0.5, 0.6) is 0 Å². The minimum Gasteiger partial charge on any atom is -0.365 e. The fourth-order valence-corrected chi connectivity index (χ4v) is 3.30. The average Bonchev–Trinajstić information content (AvgIpc) is 2.76. The zero-order valence-electron chi connectivity index (χ0n) is 13.4. The molecule has 1 aliphatic carbocycles. The van der Waals surface area contributed by atoms with Crippen LogP contribution in [0.4, 0.5) is 0 Å². The topological polar surface area (TPSA) is 58.6 Å². The molecule has 0 aromatic carbocycles. The van der Waals surface area contributed by atoms with Gasteiger partial charge in [-0.2, -0.15) is 0 Å². The van der Waals surface area contributed by atoms with Gasteiger partial charge < -0.3 is 15.0 Å². The second-order valence-electron chi connectivity index (χ2n) is 6.54. The predicted molar refractivity (Wildman–Crippen MR) is 80.8 cm³/mol. The van der Waals surface area contributed by atoms with Crippen molar-refractivity contribution in [3.05, 3.63) is 0 Å². The highest BCUT2D eigenvalue weighted by Crippen LogP contribution is 2.27. The lowest BCUT2D eigenvalue weighted by atomic mass is 9.88. The van der Waals surface area contributed by atoms with E-state index in [1.807, 2.05) is 6.92 Å². The number of carbonyl (C=O) groups is 2. The first-order valence-corrected chi connectivity index (χ1v) is 8.22. The molecule has 2 amide bonds. The van der Waals surface area contributed by atoms with Crippen molar-refractivity contribution in [2.75, 3.05) is 13.6 Å². The van der Waals surface area contributed by atoms with Gasteiger partial charge in [0.1, 0.15) is 12.1 Å². The third-order valence-corrected chi connectivity index (χ3v) is 4.65. The average molecular weight is 296 g/mol. The monoisotopic (exact) mass is 296 g/mol. The Hall–Kier alpha value is -1.10. The second kappa shape index (κ2) is 7.25. The number of nitrogens with one attached hydrogen (secondary N) is 1. The van der Waals surface area contributed by atoms with E-state index < -0.39 is 6.10 Å². The Kier molecular flexibility index (Phi) is 5.62. The van der Waals surface area contributed by atoms with Gasteiger partial charge in [0.25, 0.3) is 0 Å². The van der Waals surface area contributed by atoms with Crippen LogP contribution in [0.2, 0.25) is 0 Å². The molecule has 21 heavy (non-hydrogen) atoms. The number of ether oxygens (including phenoxy) is 1. The van der Waals surface area contributed by atoms with Gasteiger partial charge in [0.05, 0.1) is 6.10 Å². The molecular formula is C16H28N2O3. The lowest BCUT2D eigenvalue weighted by Crippen LogP contribution is -2.46. The molecule has 2 aliphatic rings. The minimum absolute atomic E-state index is 0.00416. The summed E-state index contributed by atoms with van der Waals surface area (Å²) in [5.41, 5.74) is 0. The van der Waals surface area contributed by atoms with E-state index in [1.165, 1.54) is 12.8 Å². The number of carbonyl (C=O) groups excluding carboxylic acids is 2. The molecule has 0 bridgehead atoms. The van der Waals surface area contributed by atoms with Gasteiger partial charge in [-0.15, -0.1) is 0 Å². The van der Waals surface area contributed by atoms with Crippen molar-refractivity contribution in [3.8, 4) is 0 Å². The Balaban J connectivity index is 1.85. The molecule has 1 aliphatic heterocycles. The number of nitrogens with zero attached hydrogens (tertiary/aromatic N) is 1. The van der Waals surface area contributed by atoms with Gasteiger partial charge in [-0.1, -0.05) is 26.7 Å². The van der Waals surface area contributed by atoms with Crippen LogP contribution < -0.4 is 5.32 Å². The lowest BCUT2D eigenvalue weighted by Gasteiger charge is -2.30. The molecule has 2 rings (SSSR count). The van der Waals surface area contributed by atoms with Crippen molar-refractivity contribution in [1.82, 2.24) is 10.2 Å². The molecular weight excluding hydrogens is 268 g/mol. The van der Waals surface area contributed by atoms with Crippen LogP contribution in [0.15, 0.2) is 0 Å². The zero-order chi connectivity index (χ0) is 15.4. The Morgan fingerprint density at radius 2 is 2.19 bits per heavy atom. The Labute approximate surface area is 127 Å². The first-order chi connectivity index (χ1) is 10.0. The van der Waals surface area contributed by atoms with Crippen LogP contribution in [0.3, 0.4) is 0 Å². The van der Waals surface area contributed by atoms with Crippen molar-refractivity contribution >= 4 is 11.8 Å². The smallest absolute Gasteiger partial charge is 0.249 e. The first-order valence-electron chi connectivity index (χ1n) is 8.22. The zero-order valence-corrected chi connectivity index (χ0v) is 13.4. The molecule has 120 valence electrons. The molecule has 0 spiro atoms. The molecule has 1 N–H and O–H groups in total. The number of hydrogen-bond donors (Lipinski definition) is 1. The van der Waals surface area contributed by atoms with Crippen LogP contribution in [0.25, 0.3) is 0 Å². The Bertz CT molecular complexity index is 386. The van der Waals surface area contributed by atoms with E-state index in [1.54, 1.807) is 11.9 Å². The van der Waals surface area contributed by atoms with Crippen molar-refractivity contribution in [3.63, 3.8) is 0 Å². The summed E-state index contributed by atoms with van der Waals surface area (Å²) in [6, 6.07) is -0.370. The van der Waals surface area contributed by atoms with Gasteiger partial charge in [0, 0.05) is 13.6 Å². The molecule has 1 saturated carbocycles. The largest absolute Gasteiger partial charge is 0.365 e. The molecule has 2 fully saturated rings. The molecule has 1 heterocycles. The quantitative estimate of drug-likeness (QED) is 0.840. The van der Waals surface area contributed by atoms with Crippen LogP contribution >= 0.6 is 0 Å². The van der Waals surface area contributed by atoms with Gasteiger partial charge in [0.2, 0.25) is 11.8 Å². The summed E-state index contributed by atoms with van der Waals surface area (Å²) in [4.78, 5) is 25.8. The summed E-state index contributed by atoms with van der Waals surface area (Å²) in [7, 11) is 1.77. The number of rotatable bonds is 5. The molecule has 1 saturated heterocycles. The standard InChI is InChI=1S/C16H28N2O3/c1-4-14(21-12-7-5-6-11(2)10-12)15(19)17-13-8-9-18(3)16(13)20/h11-14H,4-10H2,1-3H3,(H,17,19)/t11-,12-,13+,14+/m1/s1. The third-order valence-electron chi connectivity index (χ3n) is 4.65. The fourth-order valence-electron chi connectivity index (χ4n) is 3.30. The van der Waals surface area contributed by atoms with Crippen LogP contribution in [0, 0.1) is 5.92 Å². The SMILES string of the molecule is CC[C@H](O[C@@H]1CCC[C@@H](C)C1)C(=O)N[C@H]1CCN(C)C1=O. The minimum atomic E-state index is -0.431. The van der Waals surface area contributed by atoms with E-state index >= 15 is 0 Å². The molecule has 0 aromatic rings. The van der Waals surface area contributed by atoms with E-state index in [9.17, 15) is 9.59 Å². The van der Waals surface area contributed by atoms with E-state index in [2.05, 4.69) is 12.2 Å². The normalized spacial score (nSPS) is 31.3. The van der Waals surface area contributed by atoms with Crippen molar-refractivity contribution in [2.45, 2.75) is 70.6 Å². The number of likely N-dealkylation sites (tertiary alicyclic amines) is 1. The van der Waals surface area contributed by atoms with E-state index in [-0.39, 0.29) is 24.0 Å². The number of amides is 2. The third kappa shape index (κ3) is 4.19. The van der Waals surface area contributed by atoms with Crippen molar-refractivity contribution < 1.29 is 14.3 Å². The van der Waals surface area contributed by atoms with Crippen LogP contribution in [-0.2, 0) is 14.3 Å². The Morgan fingerprint density at radius 1 is 1.43 bits per heavy atom. The summed E-state index contributed by atoms with van der Waals surface area (Å²) in [6.07, 6.45) is 5.60. The maximum atomic E-state index is 12.3. The van der Waals surface area contributed by atoms with Gasteiger partial charge >= 0.3 is 0 Å². The highest BCUT2D eigenvalue weighted by atomic mass is 16.5. The maximum Gasteiger partial charge on any atom is 0.249 e. The van der Waals surface area contributed by atoms with Gasteiger partial charge in [0.15, 0.2) is 0 Å². The highest BCUT2D eigenvalue weighted by Gasteiger charge is 2.33. The molecule has 0 aromatic heterocycles. The van der Waals surface area contributed by atoms with Crippen molar-refractivity contribution in [1.29, 1.82) is 0 Å². The second-order valence-corrected chi connectivity index (χ2v) is 6.54. The van der Waals surface area contributed by atoms with Crippen LogP contribution in [-0.4, -0.2) is 48.6 Å². The predicted octanol–water partition coefficient (Wildman–Crippen LogP) is 1.71. The van der Waals surface area contributed by atoms with Gasteiger partial charge in [-0.05, 0) is 31.6 Å². The Morgan fingerprint density at radius 3 is 2.76 bits per heavy atom. The molecule has 0 radical (unpaired) electrons. The van der Waals surface area contributed by atoms with E-state index in [0.29, 0.717) is 25.3 Å². The first kappa shape index (κ1) is 16.3. The number of hydrogen-bond acceptors (Lipinski definition) is 3. The highest BCUT2D eigenvalue weighted by molar-refractivity contribution is 5.90. The van der Waals surface area contributed by atoms with E-state index in [4.69, 9.17) is 4.74 Å². The molecule has 5 heteroatoms. The summed E-state index contributed by atoms with van der Waals surface area (Å²) in [5.74, 6) is 0.545. The molecule has 5 nitrogen and oxygen atoms in total. The summed E-state index contributed by atoms with van der Waals surface area (Å²) in [5, 5.41) is 2.86. The maximum absolute atomic E-state index is 12.3.